The van der Waals surface area contributed by atoms with Gasteiger partial charge in [-0.2, -0.15) is 5.10 Å². The Morgan fingerprint density at radius 2 is 1.74 bits per heavy atom. The minimum absolute atomic E-state index is 0.488. The molecule has 0 unspecified atom stereocenters. The second-order valence-corrected chi connectivity index (χ2v) is 6.35. The molecule has 0 atom stereocenters. The topological polar surface area (TPSA) is 72.5 Å². The molecule has 0 aliphatic carbocycles. The van der Waals surface area contributed by atoms with Crippen molar-refractivity contribution in [2.24, 2.45) is 5.10 Å². The molecule has 7 heteroatoms. The van der Waals surface area contributed by atoms with Crippen molar-refractivity contribution in [3.63, 3.8) is 0 Å². The molecule has 0 aliphatic rings. The zero-order valence-corrected chi connectivity index (χ0v) is 14.3. The molecule has 0 radical (unpaired) electrons. The van der Waals surface area contributed by atoms with Crippen LogP contribution in [0.3, 0.4) is 0 Å². The fourth-order valence-electron chi connectivity index (χ4n) is 1.76. The van der Waals surface area contributed by atoms with Gasteiger partial charge < -0.3 is 10.5 Å². The van der Waals surface area contributed by atoms with Crippen molar-refractivity contribution < 1.29 is 4.74 Å². The molecular weight excluding hydrogens is 376 g/mol. The lowest BCUT2D eigenvalue weighted by Crippen LogP contribution is -1.91. The minimum Gasteiger partial charge on any atom is -0.457 e. The first-order valence-electron chi connectivity index (χ1n) is 6.72. The minimum atomic E-state index is 0.488. The highest BCUT2D eigenvalue weighted by atomic mass is 79.9. The third-order valence-electron chi connectivity index (χ3n) is 2.83. The maximum absolute atomic E-state index is 5.76. The molecule has 0 aliphatic heterocycles. The number of nitrogens with one attached hydrogen (secondary N) is 1. The van der Waals surface area contributed by atoms with E-state index in [9.17, 15) is 0 Å². The van der Waals surface area contributed by atoms with E-state index in [1.54, 1.807) is 11.6 Å². The number of ether oxygens (including phenoxy) is 1. The van der Waals surface area contributed by atoms with Crippen molar-refractivity contribution in [2.45, 2.75) is 0 Å². The van der Waals surface area contributed by atoms with E-state index in [0.717, 1.165) is 21.5 Å². The van der Waals surface area contributed by atoms with Crippen LogP contribution in [0.1, 0.15) is 5.56 Å². The highest BCUT2D eigenvalue weighted by molar-refractivity contribution is 9.10. The second kappa shape index (κ2) is 7.26. The molecule has 116 valence electrons. The Kier molecular flexibility index (Phi) is 4.89. The van der Waals surface area contributed by atoms with Gasteiger partial charge in [0.1, 0.15) is 17.3 Å². The zero-order chi connectivity index (χ0) is 16.1. The maximum atomic E-state index is 5.76. The monoisotopic (exact) mass is 388 g/mol. The van der Waals surface area contributed by atoms with Gasteiger partial charge in [0.25, 0.3) is 0 Å². The number of halogens is 1. The first kappa shape index (κ1) is 15.5. The number of rotatable bonds is 5. The van der Waals surface area contributed by atoms with Gasteiger partial charge in [-0.1, -0.05) is 15.9 Å². The lowest BCUT2D eigenvalue weighted by atomic mass is 10.2. The quantitative estimate of drug-likeness (QED) is 0.489. The maximum Gasteiger partial charge on any atom is 0.205 e. The van der Waals surface area contributed by atoms with E-state index in [1.165, 1.54) is 11.3 Å². The van der Waals surface area contributed by atoms with Crippen molar-refractivity contribution in [3.05, 3.63) is 63.9 Å². The summed E-state index contributed by atoms with van der Waals surface area (Å²) in [6.07, 6.45) is 1.71. The molecule has 0 fully saturated rings. The van der Waals surface area contributed by atoms with Crippen LogP contribution in [0.15, 0.2) is 63.5 Å². The van der Waals surface area contributed by atoms with E-state index < -0.39 is 0 Å². The van der Waals surface area contributed by atoms with Crippen molar-refractivity contribution in [3.8, 4) is 11.5 Å². The smallest absolute Gasteiger partial charge is 0.205 e. The molecule has 2 aromatic carbocycles. The Morgan fingerprint density at radius 3 is 2.35 bits per heavy atom. The molecule has 0 saturated carbocycles. The molecule has 0 saturated heterocycles. The third kappa shape index (κ3) is 4.54. The van der Waals surface area contributed by atoms with Gasteiger partial charge in [-0.05, 0) is 54.1 Å². The summed E-state index contributed by atoms with van der Waals surface area (Å²) < 4.78 is 6.78. The fourth-order valence-corrected chi connectivity index (χ4v) is 2.57. The summed E-state index contributed by atoms with van der Waals surface area (Å²) in [5.74, 6) is 2.05. The van der Waals surface area contributed by atoms with Crippen molar-refractivity contribution in [1.29, 1.82) is 0 Å². The van der Waals surface area contributed by atoms with Crippen LogP contribution in [0.2, 0.25) is 0 Å². The zero-order valence-electron chi connectivity index (χ0n) is 11.9. The number of nitrogens with zero attached hydrogens (tertiary/aromatic N) is 2. The number of hydrogen-bond acceptors (Lipinski definition) is 6. The van der Waals surface area contributed by atoms with Gasteiger partial charge >= 0.3 is 0 Å². The van der Waals surface area contributed by atoms with Gasteiger partial charge in [0.15, 0.2) is 0 Å². The van der Waals surface area contributed by atoms with Crippen LogP contribution in [0.4, 0.5) is 10.9 Å². The Morgan fingerprint density at radius 1 is 1.09 bits per heavy atom. The summed E-state index contributed by atoms with van der Waals surface area (Å²) in [6.45, 7) is 0. The number of nitrogen functional groups attached to an aromatic ring is 1. The molecule has 0 spiro atoms. The van der Waals surface area contributed by atoms with Crippen LogP contribution in [0.5, 0.6) is 11.5 Å². The number of thiazole rings is 1. The first-order valence-corrected chi connectivity index (χ1v) is 8.40. The van der Waals surface area contributed by atoms with Gasteiger partial charge in [0.2, 0.25) is 5.13 Å². The van der Waals surface area contributed by atoms with E-state index >= 15 is 0 Å². The lowest BCUT2D eigenvalue weighted by molar-refractivity contribution is 0.482. The standard InChI is InChI=1S/C16H13BrN4OS/c17-12-3-7-14(8-4-12)22-13-5-1-11(2-6-13)9-19-21-16-20-15(18)10-23-16/h1-10H,18H2,(H,20,21). The van der Waals surface area contributed by atoms with E-state index in [4.69, 9.17) is 10.5 Å². The molecule has 3 rings (SSSR count). The van der Waals surface area contributed by atoms with Gasteiger partial charge in [-0.25, -0.2) is 4.98 Å². The molecule has 23 heavy (non-hydrogen) atoms. The van der Waals surface area contributed by atoms with Gasteiger partial charge in [0.05, 0.1) is 6.21 Å². The highest BCUT2D eigenvalue weighted by Crippen LogP contribution is 2.23. The lowest BCUT2D eigenvalue weighted by Gasteiger charge is -2.05. The largest absolute Gasteiger partial charge is 0.457 e. The van der Waals surface area contributed by atoms with Crippen LogP contribution < -0.4 is 15.9 Å². The van der Waals surface area contributed by atoms with Crippen LogP contribution >= 0.6 is 27.3 Å². The van der Waals surface area contributed by atoms with Crippen LogP contribution in [0.25, 0.3) is 0 Å². The summed E-state index contributed by atoms with van der Waals surface area (Å²) in [5, 5.41) is 6.54. The third-order valence-corrected chi connectivity index (χ3v) is 4.12. The Bertz CT molecular complexity index is 800. The average Bonchev–Trinajstić information content (AvgIpc) is 2.97. The number of aromatic nitrogens is 1. The average molecular weight is 389 g/mol. The molecule has 1 heterocycles. The van der Waals surface area contributed by atoms with Crippen LogP contribution in [-0.4, -0.2) is 11.2 Å². The molecular formula is C16H13BrN4OS. The summed E-state index contributed by atoms with van der Waals surface area (Å²) >= 11 is 4.80. The second-order valence-electron chi connectivity index (χ2n) is 4.57. The van der Waals surface area contributed by atoms with Crippen LogP contribution in [-0.2, 0) is 0 Å². The van der Waals surface area contributed by atoms with Gasteiger partial charge in [-0.3, -0.25) is 5.43 Å². The van der Waals surface area contributed by atoms with Crippen LogP contribution in [0, 0.1) is 0 Å². The normalized spacial score (nSPS) is 10.8. The first-order chi connectivity index (χ1) is 11.2. The van der Waals surface area contributed by atoms with E-state index in [-0.39, 0.29) is 0 Å². The Hall–Kier alpha value is -2.38. The Balaban J connectivity index is 1.59. The van der Waals surface area contributed by atoms with Gasteiger partial charge in [0, 0.05) is 9.85 Å². The summed E-state index contributed by atoms with van der Waals surface area (Å²) in [4.78, 5) is 4.06. The number of benzene rings is 2. The highest BCUT2D eigenvalue weighted by Gasteiger charge is 1.98. The van der Waals surface area contributed by atoms with Gasteiger partial charge in [-0.15, -0.1) is 11.3 Å². The summed E-state index contributed by atoms with van der Waals surface area (Å²) in [7, 11) is 0. The molecule has 3 N–H and O–H groups in total. The number of hydrazone groups is 1. The molecule has 3 aromatic rings. The molecule has 5 nitrogen and oxygen atoms in total. The molecule has 0 amide bonds. The number of anilines is 2. The Labute approximate surface area is 146 Å². The predicted molar refractivity (Wildman–Crippen MR) is 98.4 cm³/mol. The van der Waals surface area contributed by atoms with Crippen molar-refractivity contribution in [2.75, 3.05) is 11.2 Å². The van der Waals surface area contributed by atoms with E-state index in [2.05, 4.69) is 31.4 Å². The van der Waals surface area contributed by atoms with Crippen molar-refractivity contribution in [1.82, 2.24) is 4.98 Å². The number of nitrogens with two attached hydrogens (primary N) is 1. The van der Waals surface area contributed by atoms with E-state index in [0.29, 0.717) is 10.9 Å². The van der Waals surface area contributed by atoms with Crippen molar-refractivity contribution >= 4 is 44.4 Å². The number of hydrogen-bond donors (Lipinski definition) is 2. The summed E-state index contributed by atoms with van der Waals surface area (Å²) in [5.41, 5.74) is 9.32. The predicted octanol–water partition coefficient (Wildman–Crippen LogP) is 4.73. The fraction of sp³-hybridized carbons (Fsp3) is 0. The molecule has 0 bridgehead atoms. The molecule has 1 aromatic heterocycles. The summed E-state index contributed by atoms with van der Waals surface area (Å²) in [6, 6.07) is 15.3. The SMILES string of the molecule is Nc1csc(NN=Cc2ccc(Oc3ccc(Br)cc3)cc2)n1. The van der Waals surface area contributed by atoms with E-state index in [1.807, 2.05) is 48.5 Å².